The van der Waals surface area contributed by atoms with E-state index >= 15 is 0 Å². The van der Waals surface area contributed by atoms with Crippen LogP contribution >= 0.6 is 0 Å². The van der Waals surface area contributed by atoms with Crippen LogP contribution in [0.3, 0.4) is 0 Å². The van der Waals surface area contributed by atoms with Gasteiger partial charge in [0.25, 0.3) is 0 Å². The number of para-hydroxylation sites is 1. The molecule has 0 spiro atoms. The van der Waals surface area contributed by atoms with Gasteiger partial charge < -0.3 is 10.2 Å². The third-order valence-electron chi connectivity index (χ3n) is 7.02. The molecule has 1 aliphatic carbocycles. The van der Waals surface area contributed by atoms with Crippen LogP contribution in [0, 0.1) is 0 Å². The van der Waals surface area contributed by atoms with Crippen molar-refractivity contribution in [1.29, 1.82) is 0 Å². The number of nitrogens with zero attached hydrogens (tertiary/aromatic N) is 2. The first-order valence-electron chi connectivity index (χ1n) is 13.5. The highest BCUT2D eigenvalue weighted by atomic mass is 32.2. The fourth-order valence-electron chi connectivity index (χ4n) is 5.04. The molecule has 0 radical (unpaired) electrons. The third-order valence-corrected chi connectivity index (χ3v) is 8.21. The summed E-state index contributed by atoms with van der Waals surface area (Å²) in [6.45, 7) is 2.58. The van der Waals surface area contributed by atoms with Gasteiger partial charge in [-0.2, -0.15) is 0 Å². The van der Waals surface area contributed by atoms with Crippen LogP contribution in [0.1, 0.15) is 63.9 Å². The second-order valence-electron chi connectivity index (χ2n) is 9.86. The van der Waals surface area contributed by atoms with Crippen molar-refractivity contribution in [2.45, 2.75) is 76.8 Å². The van der Waals surface area contributed by atoms with Crippen LogP contribution in [-0.2, 0) is 26.0 Å². The van der Waals surface area contributed by atoms with Crippen LogP contribution in [-0.4, -0.2) is 56.6 Å². The summed E-state index contributed by atoms with van der Waals surface area (Å²) in [5, 5.41) is 3.20. The Morgan fingerprint density at radius 1 is 0.946 bits per heavy atom. The van der Waals surface area contributed by atoms with Crippen LogP contribution < -0.4 is 9.62 Å². The van der Waals surface area contributed by atoms with E-state index in [0.717, 1.165) is 31.2 Å². The predicted octanol–water partition coefficient (Wildman–Crippen LogP) is 4.53. The number of hydrogen-bond acceptors (Lipinski definition) is 4. The number of carbonyl (C=O) groups excluding carboxylic acids is 2. The average Bonchev–Trinajstić information content (AvgIpc) is 2.89. The quantitative estimate of drug-likeness (QED) is 0.415. The summed E-state index contributed by atoms with van der Waals surface area (Å²) in [5.41, 5.74) is 1.69. The molecule has 8 heteroatoms. The topological polar surface area (TPSA) is 86.8 Å². The molecule has 202 valence electrons. The monoisotopic (exact) mass is 527 g/mol. The number of rotatable bonds is 13. The van der Waals surface area contributed by atoms with E-state index in [2.05, 4.69) is 5.32 Å². The Balaban J connectivity index is 1.69. The summed E-state index contributed by atoms with van der Waals surface area (Å²) in [4.78, 5) is 28.5. The highest BCUT2D eigenvalue weighted by Gasteiger charge is 2.30. The van der Waals surface area contributed by atoms with Crippen LogP contribution in [0.4, 0.5) is 5.69 Å². The normalized spacial score (nSPS) is 15.1. The van der Waals surface area contributed by atoms with Crippen molar-refractivity contribution in [3.63, 3.8) is 0 Å². The van der Waals surface area contributed by atoms with E-state index in [1.165, 1.54) is 17.0 Å². The van der Waals surface area contributed by atoms with Gasteiger partial charge in [0.2, 0.25) is 21.8 Å². The Labute approximate surface area is 222 Å². The molecule has 2 amide bonds. The molecular formula is C29H41N3O4S. The zero-order chi connectivity index (χ0) is 26.7. The summed E-state index contributed by atoms with van der Waals surface area (Å²) in [6.07, 6.45) is 8.31. The Hall–Kier alpha value is -2.87. The fraction of sp³-hybridized carbons (Fsp3) is 0.517. The minimum absolute atomic E-state index is 0.0853. The van der Waals surface area contributed by atoms with Crippen molar-refractivity contribution in [3.05, 3.63) is 66.2 Å². The van der Waals surface area contributed by atoms with E-state index in [-0.39, 0.29) is 30.8 Å². The van der Waals surface area contributed by atoms with Gasteiger partial charge >= 0.3 is 0 Å². The smallest absolute Gasteiger partial charge is 0.243 e. The molecule has 1 saturated carbocycles. The maximum Gasteiger partial charge on any atom is 0.243 e. The Morgan fingerprint density at radius 3 is 2.16 bits per heavy atom. The molecular weight excluding hydrogens is 486 g/mol. The molecule has 7 nitrogen and oxygen atoms in total. The molecule has 3 rings (SSSR count). The summed E-state index contributed by atoms with van der Waals surface area (Å²) in [7, 11) is -3.49. The molecule has 2 aromatic carbocycles. The highest BCUT2D eigenvalue weighted by molar-refractivity contribution is 7.92. The Bertz CT molecular complexity index is 1090. The molecule has 0 unspecified atom stereocenters. The number of sulfonamides is 1. The van der Waals surface area contributed by atoms with Crippen molar-refractivity contribution >= 4 is 27.5 Å². The first-order chi connectivity index (χ1) is 17.8. The number of amides is 2. The molecule has 0 aromatic heterocycles. The maximum absolute atomic E-state index is 13.5. The number of nitrogens with one attached hydrogen (secondary N) is 1. The lowest BCUT2D eigenvalue weighted by molar-refractivity contribution is -0.141. The first-order valence-corrected chi connectivity index (χ1v) is 15.3. The summed E-state index contributed by atoms with van der Waals surface area (Å²) < 4.78 is 26.2. The van der Waals surface area contributed by atoms with E-state index < -0.39 is 16.1 Å². The first kappa shape index (κ1) is 28.7. The summed E-state index contributed by atoms with van der Waals surface area (Å²) in [5.74, 6) is -0.207. The second kappa shape index (κ2) is 14.2. The van der Waals surface area contributed by atoms with Crippen molar-refractivity contribution in [2.75, 3.05) is 23.7 Å². The van der Waals surface area contributed by atoms with Gasteiger partial charge in [-0.15, -0.1) is 0 Å². The van der Waals surface area contributed by atoms with Gasteiger partial charge in [0.05, 0.1) is 11.9 Å². The Morgan fingerprint density at radius 2 is 1.57 bits per heavy atom. The standard InChI is InChI=1S/C29H41N3O4S/c1-3-27(29(34)30-25-16-9-5-10-17-25)31(23-21-24-14-7-4-8-15-24)28(33)20-13-22-32(37(2,35)36)26-18-11-6-12-19-26/h4,6-8,11-12,14-15,18-19,25,27H,3,5,9-10,13,16-17,20-23H2,1-2H3,(H,30,34)/t27-/m0/s1. The van der Waals surface area contributed by atoms with E-state index in [1.54, 1.807) is 29.2 Å². The lowest BCUT2D eigenvalue weighted by atomic mass is 9.95. The zero-order valence-electron chi connectivity index (χ0n) is 22.1. The summed E-state index contributed by atoms with van der Waals surface area (Å²) >= 11 is 0. The number of carbonyl (C=O) groups is 2. The van der Waals surface area contributed by atoms with Crippen molar-refractivity contribution in [3.8, 4) is 0 Å². The molecule has 1 atom stereocenters. The van der Waals surface area contributed by atoms with Gasteiger partial charge in [-0.25, -0.2) is 8.42 Å². The molecule has 0 saturated heterocycles. The van der Waals surface area contributed by atoms with Crippen molar-refractivity contribution < 1.29 is 18.0 Å². The SMILES string of the molecule is CC[C@@H](C(=O)NC1CCCCC1)N(CCc1ccccc1)C(=O)CCCN(c1ccccc1)S(C)(=O)=O. The van der Waals surface area contributed by atoms with Gasteiger partial charge in [0.1, 0.15) is 6.04 Å². The average molecular weight is 528 g/mol. The molecule has 1 N–H and O–H groups in total. The van der Waals surface area contributed by atoms with E-state index in [9.17, 15) is 18.0 Å². The zero-order valence-corrected chi connectivity index (χ0v) is 23.0. The van der Waals surface area contributed by atoms with Crippen molar-refractivity contribution in [2.24, 2.45) is 0 Å². The minimum atomic E-state index is -3.49. The van der Waals surface area contributed by atoms with Crippen LogP contribution in [0.2, 0.25) is 0 Å². The van der Waals surface area contributed by atoms with Gasteiger partial charge in [-0.05, 0) is 49.8 Å². The molecule has 2 aromatic rings. The molecule has 0 bridgehead atoms. The largest absolute Gasteiger partial charge is 0.352 e. The maximum atomic E-state index is 13.5. The minimum Gasteiger partial charge on any atom is -0.352 e. The van der Waals surface area contributed by atoms with Crippen LogP contribution in [0.25, 0.3) is 0 Å². The molecule has 37 heavy (non-hydrogen) atoms. The van der Waals surface area contributed by atoms with Gasteiger partial charge in [0, 0.05) is 25.6 Å². The van der Waals surface area contributed by atoms with Gasteiger partial charge in [-0.3, -0.25) is 13.9 Å². The highest BCUT2D eigenvalue weighted by Crippen LogP contribution is 2.20. The molecule has 1 fully saturated rings. The van der Waals surface area contributed by atoms with Crippen molar-refractivity contribution in [1.82, 2.24) is 10.2 Å². The van der Waals surface area contributed by atoms with E-state index in [4.69, 9.17) is 0 Å². The third kappa shape index (κ3) is 8.88. The molecule has 0 aliphatic heterocycles. The number of hydrogen-bond donors (Lipinski definition) is 1. The Kier molecular flexibility index (Phi) is 11.0. The second-order valence-corrected chi connectivity index (χ2v) is 11.8. The van der Waals surface area contributed by atoms with Gasteiger partial charge in [-0.1, -0.05) is 74.7 Å². The van der Waals surface area contributed by atoms with E-state index in [0.29, 0.717) is 31.5 Å². The molecule has 1 aliphatic rings. The number of anilines is 1. The van der Waals surface area contributed by atoms with Gasteiger partial charge in [0.15, 0.2) is 0 Å². The lowest BCUT2D eigenvalue weighted by Gasteiger charge is -2.33. The van der Waals surface area contributed by atoms with Crippen LogP contribution in [0.5, 0.6) is 0 Å². The van der Waals surface area contributed by atoms with Crippen LogP contribution in [0.15, 0.2) is 60.7 Å². The number of benzene rings is 2. The fourth-order valence-corrected chi connectivity index (χ4v) is 6.00. The lowest BCUT2D eigenvalue weighted by Crippen LogP contribution is -2.52. The van der Waals surface area contributed by atoms with E-state index in [1.807, 2.05) is 43.3 Å². The summed E-state index contributed by atoms with van der Waals surface area (Å²) in [6, 6.07) is 18.5. The molecule has 0 heterocycles. The predicted molar refractivity (Wildman–Crippen MR) is 149 cm³/mol.